The van der Waals surface area contributed by atoms with Crippen LogP contribution in [0.15, 0.2) is 85.6 Å². The molecule has 0 aliphatic heterocycles. The van der Waals surface area contributed by atoms with Crippen LogP contribution in [0, 0.1) is 5.82 Å². The molecule has 0 saturated heterocycles. The molecule has 9 heteroatoms. The van der Waals surface area contributed by atoms with E-state index in [0.717, 1.165) is 17.7 Å². The molecule has 0 radical (unpaired) electrons. The number of benzene rings is 2. The van der Waals surface area contributed by atoms with Gasteiger partial charge in [-0.15, -0.1) is 0 Å². The van der Waals surface area contributed by atoms with Crippen molar-refractivity contribution in [1.82, 2.24) is 19.4 Å². The van der Waals surface area contributed by atoms with E-state index in [0.29, 0.717) is 34.8 Å². The molecule has 1 N–H and O–H groups in total. The number of imidazole rings is 1. The number of fused-ring (bicyclic) bond motifs is 1. The van der Waals surface area contributed by atoms with Gasteiger partial charge in [0, 0.05) is 43.1 Å². The van der Waals surface area contributed by atoms with Gasteiger partial charge >= 0.3 is 6.18 Å². The largest absolute Gasteiger partial charge is 0.419 e. The van der Waals surface area contributed by atoms with E-state index >= 15 is 0 Å². The van der Waals surface area contributed by atoms with Gasteiger partial charge in [-0.2, -0.15) is 13.2 Å². The summed E-state index contributed by atoms with van der Waals surface area (Å²) in [7, 11) is 0. The standard InChI is InChI=1S/C25H17F4N5/c26-21-5-4-18(13-20(21)25(27,28)29)17-2-1-3-19(12-17)22-15-34-11-10-31-24(34)23(33-22)32-14-16-6-8-30-9-7-16/h1-13,15H,14H2,(H,32,33). The van der Waals surface area contributed by atoms with Crippen LogP contribution >= 0.6 is 0 Å². The van der Waals surface area contributed by atoms with Crippen LogP contribution in [0.3, 0.4) is 0 Å². The van der Waals surface area contributed by atoms with Crippen LogP contribution in [0.1, 0.15) is 11.1 Å². The molecule has 5 aromatic rings. The van der Waals surface area contributed by atoms with Gasteiger partial charge < -0.3 is 9.72 Å². The predicted octanol–water partition coefficient (Wildman–Crippen LogP) is 6.23. The molecule has 2 aromatic carbocycles. The summed E-state index contributed by atoms with van der Waals surface area (Å²) < 4.78 is 55.1. The smallest absolute Gasteiger partial charge is 0.363 e. The van der Waals surface area contributed by atoms with Crippen molar-refractivity contribution in [2.75, 3.05) is 5.32 Å². The number of rotatable bonds is 5. The Hall–Kier alpha value is -4.27. The van der Waals surface area contributed by atoms with E-state index in [-0.39, 0.29) is 5.56 Å². The van der Waals surface area contributed by atoms with Gasteiger partial charge in [-0.05, 0) is 47.0 Å². The van der Waals surface area contributed by atoms with Crippen molar-refractivity contribution in [3.63, 3.8) is 0 Å². The van der Waals surface area contributed by atoms with Crippen LogP contribution in [0.5, 0.6) is 0 Å². The number of hydrogen-bond acceptors (Lipinski definition) is 4. The molecule has 3 heterocycles. The highest BCUT2D eigenvalue weighted by molar-refractivity contribution is 5.74. The first-order valence-electron chi connectivity index (χ1n) is 10.3. The number of alkyl halides is 3. The number of halogens is 4. The third-order valence-corrected chi connectivity index (χ3v) is 5.35. The summed E-state index contributed by atoms with van der Waals surface area (Å²) in [6.07, 6.45) is 3.88. The van der Waals surface area contributed by atoms with Crippen molar-refractivity contribution < 1.29 is 17.6 Å². The first-order valence-corrected chi connectivity index (χ1v) is 10.3. The quantitative estimate of drug-likeness (QED) is 0.314. The Bertz CT molecular complexity index is 1460. The van der Waals surface area contributed by atoms with Crippen molar-refractivity contribution in [2.45, 2.75) is 12.7 Å². The van der Waals surface area contributed by atoms with E-state index in [9.17, 15) is 17.6 Å². The molecule has 5 rings (SSSR count). The highest BCUT2D eigenvalue weighted by Crippen LogP contribution is 2.35. The van der Waals surface area contributed by atoms with Crippen molar-refractivity contribution in [2.24, 2.45) is 0 Å². The second-order valence-electron chi connectivity index (χ2n) is 7.62. The molecule has 0 saturated carbocycles. The average molecular weight is 463 g/mol. The zero-order chi connectivity index (χ0) is 23.7. The van der Waals surface area contributed by atoms with Gasteiger partial charge in [-0.3, -0.25) is 4.98 Å². The van der Waals surface area contributed by atoms with Crippen LogP contribution in [0.25, 0.3) is 28.0 Å². The molecule has 3 aromatic heterocycles. The molecule has 0 bridgehead atoms. The van der Waals surface area contributed by atoms with Crippen molar-refractivity contribution in [3.05, 3.63) is 103 Å². The van der Waals surface area contributed by atoms with Gasteiger partial charge in [0.1, 0.15) is 5.82 Å². The van der Waals surface area contributed by atoms with E-state index in [2.05, 4.69) is 15.3 Å². The normalized spacial score (nSPS) is 11.6. The second-order valence-corrected chi connectivity index (χ2v) is 7.62. The summed E-state index contributed by atoms with van der Waals surface area (Å²) in [6, 6.07) is 13.7. The molecule has 0 aliphatic rings. The van der Waals surface area contributed by atoms with Crippen LogP contribution in [-0.4, -0.2) is 19.4 Å². The summed E-state index contributed by atoms with van der Waals surface area (Å²) in [4.78, 5) is 13.1. The number of pyridine rings is 1. The summed E-state index contributed by atoms with van der Waals surface area (Å²) in [5.41, 5.74) is 2.43. The molecule has 0 fully saturated rings. The first-order chi connectivity index (χ1) is 16.4. The first kappa shape index (κ1) is 21.6. The zero-order valence-electron chi connectivity index (χ0n) is 17.6. The fourth-order valence-corrected chi connectivity index (χ4v) is 3.66. The van der Waals surface area contributed by atoms with Gasteiger partial charge in [0.15, 0.2) is 11.5 Å². The number of nitrogens with zero attached hydrogens (tertiary/aromatic N) is 4. The van der Waals surface area contributed by atoms with Gasteiger partial charge in [0.2, 0.25) is 0 Å². The fraction of sp³-hybridized carbons (Fsp3) is 0.0800. The molecule has 170 valence electrons. The Morgan fingerprint density at radius 1 is 0.882 bits per heavy atom. The summed E-state index contributed by atoms with van der Waals surface area (Å²) in [6.45, 7) is 0.511. The Kier molecular flexibility index (Phi) is 5.45. The molecule has 0 amide bonds. The lowest BCUT2D eigenvalue weighted by atomic mass is 9.99. The van der Waals surface area contributed by atoms with Crippen LogP contribution < -0.4 is 5.32 Å². The molecule has 0 atom stereocenters. The molecule has 0 aliphatic carbocycles. The highest BCUT2D eigenvalue weighted by Gasteiger charge is 2.34. The topological polar surface area (TPSA) is 55.1 Å². The minimum Gasteiger partial charge on any atom is -0.363 e. The number of nitrogens with one attached hydrogen (secondary N) is 1. The minimum atomic E-state index is -4.78. The maximum absolute atomic E-state index is 13.7. The molecule has 34 heavy (non-hydrogen) atoms. The third kappa shape index (κ3) is 4.32. The van der Waals surface area contributed by atoms with Gasteiger partial charge in [-0.25, -0.2) is 14.4 Å². The van der Waals surface area contributed by atoms with Crippen molar-refractivity contribution in [1.29, 1.82) is 0 Å². The Morgan fingerprint density at radius 3 is 2.44 bits per heavy atom. The summed E-state index contributed by atoms with van der Waals surface area (Å²) >= 11 is 0. The number of hydrogen-bond donors (Lipinski definition) is 1. The van der Waals surface area contributed by atoms with E-state index < -0.39 is 17.6 Å². The molecule has 0 unspecified atom stereocenters. The third-order valence-electron chi connectivity index (χ3n) is 5.35. The van der Waals surface area contributed by atoms with Gasteiger partial charge in [-0.1, -0.05) is 24.3 Å². The average Bonchev–Trinajstić information content (AvgIpc) is 3.32. The Morgan fingerprint density at radius 2 is 1.65 bits per heavy atom. The van der Waals surface area contributed by atoms with E-state index in [1.54, 1.807) is 49.2 Å². The molecular weight excluding hydrogens is 446 g/mol. The molecule has 0 spiro atoms. The maximum Gasteiger partial charge on any atom is 0.419 e. The second kappa shape index (κ2) is 8.58. The maximum atomic E-state index is 13.7. The number of aromatic nitrogens is 4. The predicted molar refractivity (Wildman–Crippen MR) is 120 cm³/mol. The monoisotopic (exact) mass is 463 g/mol. The van der Waals surface area contributed by atoms with Crippen LogP contribution in [0.4, 0.5) is 23.4 Å². The highest BCUT2D eigenvalue weighted by atomic mass is 19.4. The lowest BCUT2D eigenvalue weighted by molar-refractivity contribution is -0.139. The van der Waals surface area contributed by atoms with E-state index in [1.807, 2.05) is 22.6 Å². The van der Waals surface area contributed by atoms with E-state index in [1.165, 1.54) is 6.07 Å². The van der Waals surface area contributed by atoms with Gasteiger partial charge in [0.25, 0.3) is 0 Å². The molecular formula is C25H17F4N5. The van der Waals surface area contributed by atoms with E-state index in [4.69, 9.17) is 4.98 Å². The minimum absolute atomic E-state index is 0.260. The SMILES string of the molecule is Fc1ccc(-c2cccc(-c3cn4ccnc4c(NCc4ccncc4)n3)c2)cc1C(F)(F)F. The van der Waals surface area contributed by atoms with Crippen molar-refractivity contribution in [3.8, 4) is 22.4 Å². The van der Waals surface area contributed by atoms with Gasteiger partial charge in [0.05, 0.1) is 11.3 Å². The summed E-state index contributed by atoms with van der Waals surface area (Å²) in [5, 5.41) is 3.29. The number of anilines is 1. The lowest BCUT2D eigenvalue weighted by Crippen LogP contribution is -2.08. The van der Waals surface area contributed by atoms with Crippen LogP contribution in [0.2, 0.25) is 0 Å². The van der Waals surface area contributed by atoms with Crippen molar-refractivity contribution >= 4 is 11.5 Å². The van der Waals surface area contributed by atoms with Crippen LogP contribution in [-0.2, 0) is 12.7 Å². The summed E-state index contributed by atoms with van der Waals surface area (Å²) in [5.74, 6) is -0.740. The Balaban J connectivity index is 1.52. The zero-order valence-corrected chi connectivity index (χ0v) is 17.6. The Labute approximate surface area is 191 Å². The lowest BCUT2D eigenvalue weighted by Gasteiger charge is -2.12. The molecule has 5 nitrogen and oxygen atoms in total. The fourth-order valence-electron chi connectivity index (χ4n) is 3.66.